The van der Waals surface area contributed by atoms with Crippen molar-refractivity contribution in [3.8, 4) is 0 Å². The van der Waals surface area contributed by atoms with Crippen molar-refractivity contribution < 1.29 is 0 Å². The molecule has 0 amide bonds. The van der Waals surface area contributed by atoms with Crippen LogP contribution in [-0.4, -0.2) is 68.6 Å². The highest BCUT2D eigenvalue weighted by Crippen LogP contribution is 2.12. The Morgan fingerprint density at radius 2 is 1.88 bits per heavy atom. The molecule has 0 radical (unpaired) electrons. The highest BCUT2D eigenvalue weighted by Gasteiger charge is 2.24. The maximum absolute atomic E-state index is 5.69. The molecule has 1 atom stereocenters. The van der Waals surface area contributed by atoms with Gasteiger partial charge in [-0.2, -0.15) is 0 Å². The van der Waals surface area contributed by atoms with Gasteiger partial charge in [-0.25, -0.2) is 0 Å². The van der Waals surface area contributed by atoms with E-state index in [0.717, 1.165) is 32.7 Å². The molecule has 0 aromatic carbocycles. The van der Waals surface area contributed by atoms with E-state index in [-0.39, 0.29) is 0 Å². The first kappa shape index (κ1) is 14.3. The molecule has 1 heterocycles. The second-order valence-electron chi connectivity index (χ2n) is 5.14. The van der Waals surface area contributed by atoms with Gasteiger partial charge >= 0.3 is 0 Å². The first-order valence-corrected chi connectivity index (χ1v) is 6.43. The zero-order valence-corrected chi connectivity index (χ0v) is 11.6. The van der Waals surface area contributed by atoms with E-state index in [2.05, 4.69) is 41.0 Å². The van der Waals surface area contributed by atoms with Crippen molar-refractivity contribution >= 4 is 5.96 Å². The topological polar surface area (TPSA) is 56.9 Å². The van der Waals surface area contributed by atoms with Crippen molar-refractivity contribution in [3.63, 3.8) is 0 Å². The van der Waals surface area contributed by atoms with Crippen LogP contribution in [0, 0.1) is 5.92 Å². The van der Waals surface area contributed by atoms with Crippen LogP contribution >= 0.6 is 0 Å². The summed E-state index contributed by atoms with van der Waals surface area (Å²) >= 11 is 0. The molecular formula is C12H27N5. The van der Waals surface area contributed by atoms with Crippen LogP contribution in [0.4, 0.5) is 0 Å². The van der Waals surface area contributed by atoms with Crippen molar-refractivity contribution in [1.29, 1.82) is 0 Å². The van der Waals surface area contributed by atoms with Crippen molar-refractivity contribution in [3.05, 3.63) is 0 Å². The van der Waals surface area contributed by atoms with Crippen LogP contribution < -0.4 is 11.1 Å². The van der Waals surface area contributed by atoms with Gasteiger partial charge in [-0.1, -0.05) is 13.8 Å². The van der Waals surface area contributed by atoms with Crippen molar-refractivity contribution in [1.82, 2.24) is 15.1 Å². The maximum atomic E-state index is 5.69. The van der Waals surface area contributed by atoms with Crippen LogP contribution in [-0.2, 0) is 0 Å². The summed E-state index contributed by atoms with van der Waals surface area (Å²) in [6.45, 7) is 10.0. The Labute approximate surface area is 105 Å². The number of likely N-dealkylation sites (N-methyl/N-ethyl adjacent to an activating group) is 1. The van der Waals surface area contributed by atoms with E-state index in [4.69, 9.17) is 5.73 Å². The van der Waals surface area contributed by atoms with Gasteiger partial charge in [0.2, 0.25) is 0 Å². The van der Waals surface area contributed by atoms with Crippen LogP contribution in [0.2, 0.25) is 0 Å². The fourth-order valence-electron chi connectivity index (χ4n) is 2.23. The first-order valence-electron chi connectivity index (χ1n) is 6.43. The Hall–Kier alpha value is -0.810. The number of piperazine rings is 1. The lowest BCUT2D eigenvalue weighted by atomic mass is 10.0. The van der Waals surface area contributed by atoms with Crippen LogP contribution in [0.5, 0.6) is 0 Å². The summed E-state index contributed by atoms with van der Waals surface area (Å²) in [5.74, 6) is 1.15. The van der Waals surface area contributed by atoms with Crippen LogP contribution in [0.1, 0.15) is 13.8 Å². The summed E-state index contributed by atoms with van der Waals surface area (Å²) < 4.78 is 0. The SMILES string of the molecule is CN=C(N)NCC(C(C)C)N1CCN(C)CC1. The fourth-order valence-corrected chi connectivity index (χ4v) is 2.23. The van der Waals surface area contributed by atoms with Crippen molar-refractivity contribution in [2.75, 3.05) is 46.8 Å². The van der Waals surface area contributed by atoms with Gasteiger partial charge in [-0.05, 0) is 13.0 Å². The number of nitrogens with two attached hydrogens (primary N) is 1. The summed E-state index contributed by atoms with van der Waals surface area (Å²) in [7, 11) is 3.89. The molecule has 5 heteroatoms. The molecule has 0 spiro atoms. The van der Waals surface area contributed by atoms with E-state index < -0.39 is 0 Å². The van der Waals surface area contributed by atoms with Crippen LogP contribution in [0.25, 0.3) is 0 Å². The molecule has 0 saturated carbocycles. The second-order valence-corrected chi connectivity index (χ2v) is 5.14. The summed E-state index contributed by atoms with van der Waals surface area (Å²) in [5.41, 5.74) is 5.69. The summed E-state index contributed by atoms with van der Waals surface area (Å²) in [4.78, 5) is 8.87. The van der Waals surface area contributed by atoms with E-state index in [1.54, 1.807) is 7.05 Å². The number of hydrogen-bond acceptors (Lipinski definition) is 3. The van der Waals surface area contributed by atoms with E-state index >= 15 is 0 Å². The monoisotopic (exact) mass is 241 g/mol. The zero-order chi connectivity index (χ0) is 12.8. The van der Waals surface area contributed by atoms with Crippen molar-refractivity contribution in [2.45, 2.75) is 19.9 Å². The van der Waals surface area contributed by atoms with Crippen LogP contribution in [0.15, 0.2) is 4.99 Å². The fraction of sp³-hybridized carbons (Fsp3) is 0.917. The lowest BCUT2D eigenvalue weighted by molar-refractivity contribution is 0.0901. The summed E-state index contributed by atoms with van der Waals surface area (Å²) in [6.07, 6.45) is 0. The third kappa shape index (κ3) is 4.52. The molecule has 5 nitrogen and oxygen atoms in total. The third-order valence-electron chi connectivity index (χ3n) is 3.51. The Kier molecular flexibility index (Phi) is 5.71. The van der Waals surface area contributed by atoms with Gasteiger partial charge in [0.25, 0.3) is 0 Å². The molecule has 1 rings (SSSR count). The van der Waals surface area contributed by atoms with Crippen molar-refractivity contribution in [2.24, 2.45) is 16.6 Å². The lowest BCUT2D eigenvalue weighted by Crippen LogP contribution is -2.54. The van der Waals surface area contributed by atoms with Gasteiger partial charge in [0.15, 0.2) is 5.96 Å². The molecule has 1 aliphatic heterocycles. The van der Waals surface area contributed by atoms with E-state index in [1.807, 2.05) is 0 Å². The molecule has 1 saturated heterocycles. The van der Waals surface area contributed by atoms with Gasteiger partial charge in [-0.3, -0.25) is 9.89 Å². The molecule has 1 aliphatic rings. The highest BCUT2D eigenvalue weighted by molar-refractivity contribution is 5.77. The van der Waals surface area contributed by atoms with Gasteiger partial charge in [-0.15, -0.1) is 0 Å². The molecule has 3 N–H and O–H groups in total. The lowest BCUT2D eigenvalue weighted by Gasteiger charge is -2.40. The highest BCUT2D eigenvalue weighted by atomic mass is 15.3. The predicted molar refractivity (Wildman–Crippen MR) is 73.2 cm³/mol. The molecule has 1 unspecified atom stereocenters. The molecule has 0 aliphatic carbocycles. The predicted octanol–water partition coefficient (Wildman–Crippen LogP) is -0.207. The van der Waals surface area contributed by atoms with Gasteiger partial charge in [0.05, 0.1) is 0 Å². The van der Waals surface area contributed by atoms with Crippen LogP contribution in [0.3, 0.4) is 0 Å². The average molecular weight is 241 g/mol. The minimum Gasteiger partial charge on any atom is -0.370 e. The number of rotatable bonds is 4. The first-order chi connectivity index (χ1) is 8.04. The standard InChI is InChI=1S/C12H27N5/c1-10(2)11(9-15-12(13)14-3)17-7-5-16(4)6-8-17/h10-11H,5-9H2,1-4H3,(H3,13,14,15). The molecule has 0 aromatic heterocycles. The summed E-state index contributed by atoms with van der Waals surface area (Å²) in [5, 5.41) is 3.19. The number of nitrogens with zero attached hydrogens (tertiary/aromatic N) is 3. The van der Waals surface area contributed by atoms with Gasteiger partial charge < -0.3 is 16.0 Å². The minimum absolute atomic E-state index is 0.531. The van der Waals surface area contributed by atoms with E-state index in [9.17, 15) is 0 Å². The number of guanidine groups is 1. The summed E-state index contributed by atoms with van der Waals surface area (Å²) in [6, 6.07) is 0.531. The van der Waals surface area contributed by atoms with Gasteiger partial charge in [0.1, 0.15) is 0 Å². The number of nitrogens with one attached hydrogen (secondary N) is 1. The smallest absolute Gasteiger partial charge is 0.188 e. The number of hydrogen-bond donors (Lipinski definition) is 2. The largest absolute Gasteiger partial charge is 0.370 e. The van der Waals surface area contributed by atoms with E-state index in [1.165, 1.54) is 0 Å². The Morgan fingerprint density at radius 3 is 2.35 bits per heavy atom. The molecule has 1 fully saturated rings. The Bertz CT molecular complexity index is 243. The Balaban J connectivity index is 2.48. The number of aliphatic imine (C=N–C) groups is 1. The second kappa shape index (κ2) is 6.81. The van der Waals surface area contributed by atoms with E-state index in [0.29, 0.717) is 17.9 Å². The Morgan fingerprint density at radius 1 is 1.29 bits per heavy atom. The molecule has 100 valence electrons. The minimum atomic E-state index is 0.531. The normalized spacial score (nSPS) is 21.8. The molecule has 0 bridgehead atoms. The quantitative estimate of drug-likeness (QED) is 0.528. The molecule has 17 heavy (non-hydrogen) atoms. The maximum Gasteiger partial charge on any atom is 0.188 e. The van der Waals surface area contributed by atoms with Gasteiger partial charge in [0, 0.05) is 45.8 Å². The third-order valence-corrected chi connectivity index (χ3v) is 3.51. The molecule has 0 aromatic rings. The average Bonchev–Trinajstić information content (AvgIpc) is 2.31. The zero-order valence-electron chi connectivity index (χ0n) is 11.6. The molecular weight excluding hydrogens is 214 g/mol.